The molecule has 19 heavy (non-hydrogen) atoms. The zero-order chi connectivity index (χ0) is 14.3. The topological polar surface area (TPSA) is 88.1 Å². The molecule has 1 heterocycles. The number of carboxylic acids is 1. The predicted octanol–water partition coefficient (Wildman–Crippen LogP) is 0.297. The number of rotatable bonds is 6. The second-order valence-electron chi connectivity index (χ2n) is 4.60. The van der Waals surface area contributed by atoms with Gasteiger partial charge in [0.15, 0.2) is 0 Å². The van der Waals surface area contributed by atoms with Crippen molar-refractivity contribution in [3.05, 3.63) is 0 Å². The molecule has 1 fully saturated rings. The van der Waals surface area contributed by atoms with E-state index in [1.54, 1.807) is 12.0 Å². The van der Waals surface area contributed by atoms with Crippen LogP contribution in [0.3, 0.4) is 0 Å². The molecule has 110 valence electrons. The lowest BCUT2D eigenvalue weighted by molar-refractivity contribution is -0.139. The Kier molecular flexibility index (Phi) is 6.58. The van der Waals surface area contributed by atoms with E-state index >= 15 is 0 Å². The number of urea groups is 1. The summed E-state index contributed by atoms with van der Waals surface area (Å²) in [6.07, 6.45) is 0.929. The minimum Gasteiger partial charge on any atom is -0.480 e. The molecule has 0 aromatic rings. The highest BCUT2D eigenvalue weighted by Gasteiger charge is 2.25. The fraction of sp³-hybridized carbons (Fsp3) is 0.833. The number of hydrogen-bond donors (Lipinski definition) is 2. The summed E-state index contributed by atoms with van der Waals surface area (Å²) in [5.74, 6) is -1.02. The molecular weight excluding hydrogens is 252 g/mol. The van der Waals surface area contributed by atoms with E-state index in [-0.39, 0.29) is 12.1 Å². The Hall–Kier alpha value is -1.34. The van der Waals surface area contributed by atoms with E-state index in [9.17, 15) is 9.59 Å². The maximum absolute atomic E-state index is 12.0. The molecule has 2 unspecified atom stereocenters. The van der Waals surface area contributed by atoms with Crippen molar-refractivity contribution in [2.75, 3.05) is 33.4 Å². The van der Waals surface area contributed by atoms with Crippen LogP contribution in [0.1, 0.15) is 19.8 Å². The SMILES string of the molecule is COCCCC(NC(=O)N1CCOC(C)C1)C(=O)O. The van der Waals surface area contributed by atoms with E-state index in [1.807, 2.05) is 6.92 Å². The minimum absolute atomic E-state index is 0.0173. The molecule has 0 radical (unpaired) electrons. The Morgan fingerprint density at radius 3 is 2.89 bits per heavy atom. The van der Waals surface area contributed by atoms with E-state index in [1.165, 1.54) is 0 Å². The Labute approximate surface area is 112 Å². The molecule has 1 aliphatic rings. The van der Waals surface area contributed by atoms with Crippen molar-refractivity contribution in [1.82, 2.24) is 10.2 Å². The highest BCUT2D eigenvalue weighted by molar-refractivity contribution is 5.82. The maximum atomic E-state index is 12.0. The summed E-state index contributed by atoms with van der Waals surface area (Å²) >= 11 is 0. The number of amides is 2. The molecule has 2 N–H and O–H groups in total. The third kappa shape index (κ3) is 5.44. The lowest BCUT2D eigenvalue weighted by atomic mass is 10.1. The van der Waals surface area contributed by atoms with Gasteiger partial charge in [0.2, 0.25) is 0 Å². The highest BCUT2D eigenvalue weighted by Crippen LogP contribution is 2.06. The van der Waals surface area contributed by atoms with E-state index in [4.69, 9.17) is 14.6 Å². The quantitative estimate of drug-likeness (QED) is 0.680. The summed E-state index contributed by atoms with van der Waals surface area (Å²) in [5.41, 5.74) is 0. The van der Waals surface area contributed by atoms with Crippen LogP contribution in [-0.2, 0) is 14.3 Å². The number of carboxylic acid groups (broad SMARTS) is 1. The molecule has 0 saturated carbocycles. The second-order valence-corrected chi connectivity index (χ2v) is 4.60. The molecule has 0 aliphatic carbocycles. The lowest BCUT2D eigenvalue weighted by Crippen LogP contribution is -2.52. The van der Waals surface area contributed by atoms with Gasteiger partial charge in [-0.2, -0.15) is 0 Å². The average molecular weight is 274 g/mol. The second kappa shape index (κ2) is 7.96. The Bertz CT molecular complexity index is 310. The lowest BCUT2D eigenvalue weighted by Gasteiger charge is -2.32. The summed E-state index contributed by atoms with van der Waals surface area (Å²) in [7, 11) is 1.56. The van der Waals surface area contributed by atoms with Crippen LogP contribution < -0.4 is 5.32 Å². The fourth-order valence-electron chi connectivity index (χ4n) is 1.93. The smallest absolute Gasteiger partial charge is 0.326 e. The van der Waals surface area contributed by atoms with Crippen LogP contribution in [0.15, 0.2) is 0 Å². The molecule has 1 saturated heterocycles. The van der Waals surface area contributed by atoms with Crippen molar-refractivity contribution in [2.24, 2.45) is 0 Å². The van der Waals surface area contributed by atoms with Crippen LogP contribution in [-0.4, -0.2) is 67.6 Å². The molecule has 2 amide bonds. The van der Waals surface area contributed by atoms with E-state index in [2.05, 4.69) is 5.32 Å². The number of ether oxygens (including phenoxy) is 2. The third-order valence-corrected chi connectivity index (χ3v) is 2.97. The number of methoxy groups -OCH3 is 1. The van der Waals surface area contributed by atoms with Crippen LogP contribution in [0, 0.1) is 0 Å². The number of hydrogen-bond acceptors (Lipinski definition) is 4. The largest absolute Gasteiger partial charge is 0.480 e. The predicted molar refractivity (Wildman–Crippen MR) is 68.1 cm³/mol. The van der Waals surface area contributed by atoms with Crippen LogP contribution in [0.2, 0.25) is 0 Å². The summed E-state index contributed by atoms with van der Waals surface area (Å²) in [4.78, 5) is 24.6. The maximum Gasteiger partial charge on any atom is 0.326 e. The standard InChI is InChI=1S/C12H22N2O5/c1-9-8-14(5-7-19-9)12(17)13-10(11(15)16)4-3-6-18-2/h9-10H,3-8H2,1-2H3,(H,13,17)(H,15,16). The van der Waals surface area contributed by atoms with Crippen LogP contribution in [0.4, 0.5) is 4.79 Å². The van der Waals surface area contributed by atoms with Crippen molar-refractivity contribution in [2.45, 2.75) is 31.9 Å². The highest BCUT2D eigenvalue weighted by atomic mass is 16.5. The third-order valence-electron chi connectivity index (χ3n) is 2.97. The van der Waals surface area contributed by atoms with E-state index < -0.39 is 12.0 Å². The van der Waals surface area contributed by atoms with Crippen molar-refractivity contribution in [1.29, 1.82) is 0 Å². The normalized spacial score (nSPS) is 20.9. The molecule has 7 nitrogen and oxygen atoms in total. The zero-order valence-corrected chi connectivity index (χ0v) is 11.4. The first-order chi connectivity index (χ1) is 9.04. The van der Waals surface area contributed by atoms with Crippen molar-refractivity contribution < 1.29 is 24.2 Å². The number of carbonyl (C=O) groups excluding carboxylic acids is 1. The Balaban J connectivity index is 2.43. The van der Waals surface area contributed by atoms with E-state index in [0.717, 1.165) is 0 Å². The number of carbonyl (C=O) groups is 2. The van der Waals surface area contributed by atoms with E-state index in [0.29, 0.717) is 39.1 Å². The molecule has 1 aliphatic heterocycles. The minimum atomic E-state index is -1.02. The van der Waals surface area contributed by atoms with Gasteiger partial charge in [0.25, 0.3) is 0 Å². The van der Waals surface area contributed by atoms with Gasteiger partial charge >= 0.3 is 12.0 Å². The molecule has 0 aromatic carbocycles. The molecule has 0 spiro atoms. The van der Waals surface area contributed by atoms with Crippen LogP contribution in [0.25, 0.3) is 0 Å². The van der Waals surface area contributed by atoms with Gasteiger partial charge in [-0.1, -0.05) is 0 Å². The van der Waals surface area contributed by atoms with Crippen molar-refractivity contribution >= 4 is 12.0 Å². The average Bonchev–Trinajstić information content (AvgIpc) is 2.37. The van der Waals surface area contributed by atoms with Gasteiger partial charge in [0.05, 0.1) is 12.7 Å². The fourth-order valence-corrected chi connectivity index (χ4v) is 1.93. The Morgan fingerprint density at radius 1 is 1.58 bits per heavy atom. The van der Waals surface area contributed by atoms with Crippen molar-refractivity contribution in [3.63, 3.8) is 0 Å². The summed E-state index contributed by atoms with van der Waals surface area (Å²) in [6.45, 7) is 3.81. The first-order valence-electron chi connectivity index (χ1n) is 6.43. The number of morpholine rings is 1. The zero-order valence-electron chi connectivity index (χ0n) is 11.4. The number of nitrogens with zero attached hydrogens (tertiary/aromatic N) is 1. The van der Waals surface area contributed by atoms with Crippen LogP contribution >= 0.6 is 0 Å². The van der Waals surface area contributed by atoms with Crippen molar-refractivity contribution in [3.8, 4) is 0 Å². The van der Waals surface area contributed by atoms with Gasteiger partial charge < -0.3 is 24.8 Å². The summed E-state index contributed by atoms with van der Waals surface area (Å²) in [5, 5.41) is 11.6. The summed E-state index contributed by atoms with van der Waals surface area (Å²) < 4.78 is 10.2. The first kappa shape index (κ1) is 15.7. The number of nitrogens with one attached hydrogen (secondary N) is 1. The van der Waals surface area contributed by atoms with Gasteiger partial charge in [-0.25, -0.2) is 9.59 Å². The molecule has 2 atom stereocenters. The molecule has 0 aromatic heterocycles. The summed E-state index contributed by atoms with van der Waals surface area (Å²) in [6, 6.07) is -1.22. The van der Waals surface area contributed by atoms with Gasteiger partial charge in [0.1, 0.15) is 6.04 Å². The monoisotopic (exact) mass is 274 g/mol. The van der Waals surface area contributed by atoms with Gasteiger partial charge in [-0.15, -0.1) is 0 Å². The van der Waals surface area contributed by atoms with Gasteiger partial charge in [0, 0.05) is 26.8 Å². The van der Waals surface area contributed by atoms with Crippen LogP contribution in [0.5, 0.6) is 0 Å². The molecule has 7 heteroatoms. The molecule has 1 rings (SSSR count). The molecule has 0 bridgehead atoms. The number of aliphatic carboxylic acids is 1. The Morgan fingerprint density at radius 2 is 2.32 bits per heavy atom. The van der Waals surface area contributed by atoms with Gasteiger partial charge in [-0.3, -0.25) is 0 Å². The first-order valence-corrected chi connectivity index (χ1v) is 6.43. The molecular formula is C12H22N2O5. The van der Waals surface area contributed by atoms with Gasteiger partial charge in [-0.05, 0) is 19.8 Å².